The van der Waals surface area contributed by atoms with Crippen LogP contribution in [-0.2, 0) is 9.53 Å². The van der Waals surface area contributed by atoms with Crippen molar-refractivity contribution in [3.05, 3.63) is 24.8 Å². The molecule has 1 atom stereocenters. The summed E-state index contributed by atoms with van der Waals surface area (Å²) >= 11 is 0. The minimum absolute atomic E-state index is 0.544. The molecule has 11 heavy (non-hydrogen) atoms. The van der Waals surface area contributed by atoms with Crippen LogP contribution in [0.4, 0.5) is 0 Å². The van der Waals surface area contributed by atoms with Crippen LogP contribution in [0.3, 0.4) is 0 Å². The fraction of sp³-hybridized carbons (Fsp3) is 0.375. The van der Waals surface area contributed by atoms with Crippen LogP contribution in [-0.4, -0.2) is 11.7 Å². The van der Waals surface area contributed by atoms with Gasteiger partial charge in [0.2, 0.25) is 0 Å². The summed E-state index contributed by atoms with van der Waals surface area (Å²) < 4.78 is 4.77. The van der Waals surface area contributed by atoms with Gasteiger partial charge in [0.05, 0.1) is 0 Å². The quantitative estimate of drug-likeness (QED) is 0.286. The van der Waals surface area contributed by atoms with E-state index in [0.29, 0.717) is 5.57 Å². The predicted octanol–water partition coefficient (Wildman–Crippen LogP) is 0.967. The van der Waals surface area contributed by atoms with Gasteiger partial charge in [-0.3, -0.25) is 5.73 Å². The lowest BCUT2D eigenvalue weighted by Crippen LogP contribution is -2.41. The van der Waals surface area contributed by atoms with Gasteiger partial charge in [-0.05, 0) is 19.4 Å². The predicted molar refractivity (Wildman–Crippen MR) is 43.7 cm³/mol. The van der Waals surface area contributed by atoms with E-state index < -0.39 is 11.7 Å². The molecule has 62 valence electrons. The van der Waals surface area contributed by atoms with Gasteiger partial charge in [-0.15, -0.1) is 0 Å². The van der Waals surface area contributed by atoms with Crippen LogP contribution in [0, 0.1) is 0 Å². The average molecular weight is 155 g/mol. The molecule has 0 aromatic rings. The molecule has 3 nitrogen and oxygen atoms in total. The second kappa shape index (κ2) is 3.34. The Labute approximate surface area is 66.5 Å². The molecule has 0 saturated carbocycles. The monoisotopic (exact) mass is 155 g/mol. The van der Waals surface area contributed by atoms with Crippen molar-refractivity contribution in [1.82, 2.24) is 0 Å². The van der Waals surface area contributed by atoms with E-state index in [9.17, 15) is 4.79 Å². The normalized spacial score (nSPS) is 14.8. The molecule has 0 rings (SSSR count). The van der Waals surface area contributed by atoms with Gasteiger partial charge in [0.25, 0.3) is 0 Å². The lowest BCUT2D eigenvalue weighted by Gasteiger charge is -2.24. The molecule has 2 N–H and O–H groups in total. The summed E-state index contributed by atoms with van der Waals surface area (Å²) in [6.07, 6.45) is 1.06. The van der Waals surface area contributed by atoms with E-state index in [1.165, 1.54) is 0 Å². The Morgan fingerprint density at radius 3 is 2.45 bits per heavy atom. The van der Waals surface area contributed by atoms with Gasteiger partial charge in [-0.25, -0.2) is 4.79 Å². The first-order valence-corrected chi connectivity index (χ1v) is 3.20. The van der Waals surface area contributed by atoms with Gasteiger partial charge in [0.1, 0.15) is 0 Å². The Bertz CT molecular complexity index is 194. The third-order valence-electron chi connectivity index (χ3n) is 1.33. The zero-order chi connectivity index (χ0) is 9.07. The van der Waals surface area contributed by atoms with Gasteiger partial charge in [-0.2, -0.15) is 0 Å². The summed E-state index contributed by atoms with van der Waals surface area (Å²) in [5, 5.41) is 0. The maximum Gasteiger partial charge on any atom is 0.332 e. The fourth-order valence-corrected chi connectivity index (χ4v) is 0.338. The van der Waals surface area contributed by atoms with E-state index in [1.807, 2.05) is 0 Å². The Morgan fingerprint density at radius 1 is 1.73 bits per heavy atom. The molecule has 3 heteroatoms. The first kappa shape index (κ1) is 9.91. The maximum atomic E-state index is 10.7. The second-order valence-electron chi connectivity index (χ2n) is 2.51. The third kappa shape index (κ3) is 3.00. The molecule has 0 radical (unpaired) electrons. The van der Waals surface area contributed by atoms with Crippen molar-refractivity contribution < 1.29 is 9.53 Å². The molecule has 0 aliphatic carbocycles. The number of rotatable bonds is 3. The smallest absolute Gasteiger partial charge is 0.332 e. The van der Waals surface area contributed by atoms with Crippen molar-refractivity contribution in [3.8, 4) is 0 Å². The molecular formula is C8H13NO2. The Hall–Kier alpha value is -1.09. The Kier molecular flexibility index (Phi) is 3.01. The van der Waals surface area contributed by atoms with Crippen LogP contribution in [0.15, 0.2) is 24.8 Å². The Balaban J connectivity index is 4.23. The summed E-state index contributed by atoms with van der Waals surface area (Å²) in [5.74, 6) is -0.544. The van der Waals surface area contributed by atoms with Gasteiger partial charge < -0.3 is 4.74 Å². The molecule has 0 bridgehead atoms. The van der Waals surface area contributed by atoms with Crippen LogP contribution < -0.4 is 5.73 Å². The molecule has 0 spiro atoms. The number of esters is 1. The number of carbonyl (C=O) groups excluding carboxylic acids is 1. The highest BCUT2D eigenvalue weighted by Gasteiger charge is 2.22. The minimum atomic E-state index is -1.09. The van der Waals surface area contributed by atoms with E-state index in [2.05, 4.69) is 13.2 Å². The van der Waals surface area contributed by atoms with Crippen molar-refractivity contribution in [1.29, 1.82) is 0 Å². The van der Waals surface area contributed by atoms with E-state index in [1.54, 1.807) is 13.8 Å². The van der Waals surface area contributed by atoms with E-state index in [4.69, 9.17) is 10.5 Å². The zero-order valence-electron chi connectivity index (χ0n) is 6.89. The summed E-state index contributed by atoms with van der Waals surface area (Å²) in [6.45, 7) is 10.1. The molecule has 0 amide bonds. The number of nitrogens with two attached hydrogens (primary N) is 1. The molecule has 1 unspecified atom stereocenters. The molecule has 0 aliphatic rings. The highest BCUT2D eigenvalue weighted by Crippen LogP contribution is 2.11. The van der Waals surface area contributed by atoms with Crippen LogP contribution in [0.2, 0.25) is 0 Å². The van der Waals surface area contributed by atoms with Crippen molar-refractivity contribution in [2.24, 2.45) is 5.73 Å². The standard InChI is InChI=1S/C8H13NO2/c1-5-7(10)11-8(4,9)6(2)3/h5H,1-2,9H2,3-4H3. The fourth-order valence-electron chi connectivity index (χ4n) is 0.338. The number of carbonyl (C=O) groups is 1. The zero-order valence-corrected chi connectivity index (χ0v) is 6.89. The SMILES string of the molecule is C=CC(=O)OC(C)(N)C(=C)C. The Morgan fingerprint density at radius 2 is 2.18 bits per heavy atom. The maximum absolute atomic E-state index is 10.7. The van der Waals surface area contributed by atoms with Crippen molar-refractivity contribution in [3.63, 3.8) is 0 Å². The van der Waals surface area contributed by atoms with Crippen LogP contribution in [0.5, 0.6) is 0 Å². The topological polar surface area (TPSA) is 52.3 Å². The first-order chi connectivity index (χ1) is 4.90. The van der Waals surface area contributed by atoms with Crippen LogP contribution in [0.1, 0.15) is 13.8 Å². The second-order valence-corrected chi connectivity index (χ2v) is 2.51. The third-order valence-corrected chi connectivity index (χ3v) is 1.33. The highest BCUT2D eigenvalue weighted by molar-refractivity contribution is 5.81. The number of hydrogen-bond donors (Lipinski definition) is 1. The summed E-state index contributed by atoms with van der Waals surface area (Å²) in [5.41, 5.74) is 5.04. The lowest BCUT2D eigenvalue weighted by atomic mass is 10.1. The largest absolute Gasteiger partial charge is 0.437 e. The molecule has 0 fully saturated rings. The highest BCUT2D eigenvalue weighted by atomic mass is 16.6. The van der Waals surface area contributed by atoms with Gasteiger partial charge in [0.15, 0.2) is 5.72 Å². The average Bonchev–Trinajstić information content (AvgIpc) is 1.86. The van der Waals surface area contributed by atoms with Crippen molar-refractivity contribution >= 4 is 5.97 Å². The number of ether oxygens (including phenoxy) is 1. The summed E-state index contributed by atoms with van der Waals surface area (Å²) in [6, 6.07) is 0. The van der Waals surface area contributed by atoms with Crippen molar-refractivity contribution in [2.75, 3.05) is 0 Å². The molecule has 0 aromatic heterocycles. The van der Waals surface area contributed by atoms with E-state index >= 15 is 0 Å². The van der Waals surface area contributed by atoms with Crippen LogP contribution in [0.25, 0.3) is 0 Å². The molecule has 0 saturated heterocycles. The van der Waals surface area contributed by atoms with Gasteiger partial charge >= 0.3 is 5.97 Å². The molecule has 0 heterocycles. The lowest BCUT2D eigenvalue weighted by molar-refractivity contribution is -0.147. The minimum Gasteiger partial charge on any atom is -0.437 e. The summed E-state index contributed by atoms with van der Waals surface area (Å²) in [4.78, 5) is 10.7. The first-order valence-electron chi connectivity index (χ1n) is 3.20. The van der Waals surface area contributed by atoms with Crippen LogP contribution >= 0.6 is 0 Å². The van der Waals surface area contributed by atoms with Gasteiger partial charge in [-0.1, -0.05) is 13.2 Å². The summed E-state index contributed by atoms with van der Waals surface area (Å²) in [7, 11) is 0. The molecule has 0 aliphatic heterocycles. The van der Waals surface area contributed by atoms with E-state index in [0.717, 1.165) is 6.08 Å². The van der Waals surface area contributed by atoms with E-state index in [-0.39, 0.29) is 0 Å². The van der Waals surface area contributed by atoms with Crippen molar-refractivity contribution in [2.45, 2.75) is 19.6 Å². The molecular weight excluding hydrogens is 142 g/mol. The number of hydrogen-bond acceptors (Lipinski definition) is 3. The molecule has 0 aromatic carbocycles. The van der Waals surface area contributed by atoms with Gasteiger partial charge in [0, 0.05) is 6.08 Å².